The van der Waals surface area contributed by atoms with Crippen LogP contribution in [-0.4, -0.2) is 15.9 Å². The lowest BCUT2D eigenvalue weighted by atomic mass is 9.62. The molecular weight excluding hydrogens is 326 g/mol. The van der Waals surface area contributed by atoms with Crippen LogP contribution in [0.1, 0.15) is 25.5 Å². The second kappa shape index (κ2) is 5.17. The summed E-state index contributed by atoms with van der Waals surface area (Å²) in [6.45, 7) is 3.96. The van der Waals surface area contributed by atoms with Crippen LogP contribution in [0, 0.1) is 18.3 Å². The van der Waals surface area contributed by atoms with E-state index in [0.29, 0.717) is 24.6 Å². The molecule has 1 amide bonds. The second-order valence-corrected chi connectivity index (χ2v) is 6.47. The van der Waals surface area contributed by atoms with E-state index >= 15 is 0 Å². The molecule has 1 aliphatic carbocycles. The molecule has 1 aromatic rings. The summed E-state index contributed by atoms with van der Waals surface area (Å²) in [4.78, 5) is 16.9. The Morgan fingerprint density at radius 3 is 2.68 bits per heavy atom. The summed E-state index contributed by atoms with van der Waals surface area (Å²) in [6, 6.07) is 3.61. The van der Waals surface area contributed by atoms with E-state index in [9.17, 15) is 4.79 Å². The number of amides is 1. The Morgan fingerprint density at radius 2 is 2.21 bits per heavy atom. The van der Waals surface area contributed by atoms with Gasteiger partial charge in [0.15, 0.2) is 0 Å². The molecule has 0 unspecified atom stereocenters. The Kier molecular flexibility index (Phi) is 3.92. The van der Waals surface area contributed by atoms with Crippen molar-refractivity contribution in [2.24, 2.45) is 17.1 Å². The molecule has 102 valence electrons. The number of hydrogen-bond donors (Lipinski definition) is 2. The number of nitrogens with two attached hydrogens (primary N) is 1. The summed E-state index contributed by atoms with van der Waals surface area (Å²) in [7, 11) is 0. The van der Waals surface area contributed by atoms with E-state index in [1.165, 1.54) is 0 Å². The SMILES string of the molecule is Cc1nc(NC(=O)C2(C(N)=S)CC(C)C2)ccc1Br. The van der Waals surface area contributed by atoms with Gasteiger partial charge >= 0.3 is 0 Å². The molecule has 0 bridgehead atoms. The number of rotatable bonds is 3. The number of carbonyl (C=O) groups is 1. The van der Waals surface area contributed by atoms with Gasteiger partial charge in [-0.2, -0.15) is 0 Å². The van der Waals surface area contributed by atoms with Gasteiger partial charge in [-0.25, -0.2) is 4.98 Å². The van der Waals surface area contributed by atoms with E-state index in [2.05, 4.69) is 33.2 Å². The van der Waals surface area contributed by atoms with Crippen molar-refractivity contribution in [2.45, 2.75) is 26.7 Å². The van der Waals surface area contributed by atoms with Crippen molar-refractivity contribution in [3.05, 3.63) is 22.3 Å². The van der Waals surface area contributed by atoms with Crippen LogP contribution in [0.3, 0.4) is 0 Å². The molecule has 0 aromatic carbocycles. The highest BCUT2D eigenvalue weighted by Gasteiger charge is 2.50. The highest BCUT2D eigenvalue weighted by Crippen LogP contribution is 2.46. The number of aromatic nitrogens is 1. The summed E-state index contributed by atoms with van der Waals surface area (Å²) < 4.78 is 0.909. The molecule has 4 nitrogen and oxygen atoms in total. The minimum Gasteiger partial charge on any atom is -0.392 e. The number of nitrogens with zero attached hydrogens (tertiary/aromatic N) is 1. The molecule has 1 fully saturated rings. The highest BCUT2D eigenvalue weighted by molar-refractivity contribution is 9.10. The van der Waals surface area contributed by atoms with E-state index in [4.69, 9.17) is 18.0 Å². The minimum absolute atomic E-state index is 0.146. The van der Waals surface area contributed by atoms with Crippen LogP contribution < -0.4 is 11.1 Å². The number of hydrogen-bond acceptors (Lipinski definition) is 3. The number of aryl methyl sites for hydroxylation is 1. The third-order valence-electron chi connectivity index (χ3n) is 3.56. The van der Waals surface area contributed by atoms with Gasteiger partial charge in [0, 0.05) is 4.47 Å². The molecule has 0 atom stereocenters. The van der Waals surface area contributed by atoms with Gasteiger partial charge < -0.3 is 11.1 Å². The fraction of sp³-hybridized carbons (Fsp3) is 0.462. The van der Waals surface area contributed by atoms with Crippen LogP contribution in [0.2, 0.25) is 0 Å². The van der Waals surface area contributed by atoms with Gasteiger partial charge in [0.05, 0.1) is 16.1 Å². The predicted molar refractivity (Wildman–Crippen MR) is 82.9 cm³/mol. The second-order valence-electron chi connectivity index (χ2n) is 5.18. The maximum Gasteiger partial charge on any atom is 0.238 e. The topological polar surface area (TPSA) is 68.0 Å². The van der Waals surface area contributed by atoms with Gasteiger partial charge in [0.2, 0.25) is 5.91 Å². The van der Waals surface area contributed by atoms with Crippen LogP contribution in [0.5, 0.6) is 0 Å². The molecule has 1 aromatic heterocycles. The lowest BCUT2D eigenvalue weighted by Gasteiger charge is -2.43. The number of halogens is 1. The normalized spacial score (nSPS) is 25.5. The van der Waals surface area contributed by atoms with E-state index in [0.717, 1.165) is 10.2 Å². The molecule has 0 spiro atoms. The fourth-order valence-electron chi connectivity index (χ4n) is 2.48. The predicted octanol–water partition coefficient (Wildman–Crippen LogP) is 2.79. The van der Waals surface area contributed by atoms with E-state index in [-0.39, 0.29) is 10.9 Å². The molecule has 0 saturated heterocycles. The average Bonchev–Trinajstić information content (AvgIpc) is 2.29. The van der Waals surface area contributed by atoms with E-state index in [1.54, 1.807) is 6.07 Å². The van der Waals surface area contributed by atoms with E-state index < -0.39 is 5.41 Å². The van der Waals surface area contributed by atoms with Crippen molar-refractivity contribution in [1.82, 2.24) is 4.98 Å². The lowest BCUT2D eigenvalue weighted by Crippen LogP contribution is -2.53. The van der Waals surface area contributed by atoms with E-state index in [1.807, 2.05) is 13.0 Å². The third-order valence-corrected chi connectivity index (χ3v) is 4.79. The van der Waals surface area contributed by atoms with Gasteiger partial charge in [0.25, 0.3) is 0 Å². The zero-order valence-corrected chi connectivity index (χ0v) is 13.3. The number of nitrogens with one attached hydrogen (secondary N) is 1. The largest absolute Gasteiger partial charge is 0.392 e. The molecule has 0 radical (unpaired) electrons. The highest BCUT2D eigenvalue weighted by atomic mass is 79.9. The van der Waals surface area contributed by atoms with Crippen molar-refractivity contribution < 1.29 is 4.79 Å². The Morgan fingerprint density at radius 1 is 1.58 bits per heavy atom. The standard InChI is InChI=1S/C13H16BrN3OS/c1-7-5-13(6-7,11(15)19)12(18)17-10-4-3-9(14)8(2)16-10/h3-4,7H,5-6H2,1-2H3,(H2,15,19)(H,16,17,18). The minimum atomic E-state index is -0.697. The van der Waals surface area contributed by atoms with Crippen LogP contribution in [-0.2, 0) is 4.79 Å². The van der Waals surface area contributed by atoms with Crippen molar-refractivity contribution in [1.29, 1.82) is 0 Å². The first-order chi connectivity index (χ1) is 8.85. The molecule has 3 N–H and O–H groups in total. The molecule has 1 heterocycles. The first-order valence-corrected chi connectivity index (χ1v) is 7.30. The molecule has 1 saturated carbocycles. The van der Waals surface area contributed by atoms with Crippen molar-refractivity contribution in [3.63, 3.8) is 0 Å². The van der Waals surface area contributed by atoms with Crippen molar-refractivity contribution in [3.8, 4) is 0 Å². The monoisotopic (exact) mass is 341 g/mol. The Hall–Kier alpha value is -1.01. The van der Waals surface area contributed by atoms with Crippen LogP contribution in [0.25, 0.3) is 0 Å². The maximum absolute atomic E-state index is 12.4. The molecule has 19 heavy (non-hydrogen) atoms. The van der Waals surface area contributed by atoms with Crippen molar-refractivity contribution in [2.75, 3.05) is 5.32 Å². The third kappa shape index (κ3) is 2.65. The number of carbonyl (C=O) groups excluding carboxylic acids is 1. The lowest BCUT2D eigenvalue weighted by molar-refractivity contribution is -0.127. The zero-order chi connectivity index (χ0) is 14.2. The quantitative estimate of drug-likeness (QED) is 0.829. The van der Waals surface area contributed by atoms with Crippen LogP contribution in [0.15, 0.2) is 16.6 Å². The smallest absolute Gasteiger partial charge is 0.238 e. The fourth-order valence-corrected chi connectivity index (χ4v) is 2.96. The summed E-state index contributed by atoms with van der Waals surface area (Å²) in [5, 5.41) is 2.82. The van der Waals surface area contributed by atoms with Gasteiger partial charge in [-0.1, -0.05) is 19.1 Å². The molecular formula is C13H16BrN3OS. The molecule has 2 rings (SSSR count). The number of anilines is 1. The van der Waals surface area contributed by atoms with Crippen molar-refractivity contribution >= 4 is 44.9 Å². The van der Waals surface area contributed by atoms with Gasteiger partial charge in [-0.15, -0.1) is 0 Å². The van der Waals surface area contributed by atoms with Gasteiger partial charge in [-0.3, -0.25) is 4.79 Å². The number of thiocarbonyl (C=S) groups is 1. The molecule has 6 heteroatoms. The molecule has 1 aliphatic rings. The first kappa shape index (κ1) is 14.4. The first-order valence-electron chi connectivity index (χ1n) is 6.09. The van der Waals surface area contributed by atoms with Crippen LogP contribution in [0.4, 0.5) is 5.82 Å². The van der Waals surface area contributed by atoms with Crippen LogP contribution >= 0.6 is 28.1 Å². The van der Waals surface area contributed by atoms with Gasteiger partial charge in [-0.05, 0) is 53.7 Å². The summed E-state index contributed by atoms with van der Waals surface area (Å²) >= 11 is 8.44. The summed E-state index contributed by atoms with van der Waals surface area (Å²) in [5.74, 6) is 0.861. The maximum atomic E-state index is 12.4. The number of pyridine rings is 1. The van der Waals surface area contributed by atoms with Gasteiger partial charge in [0.1, 0.15) is 5.82 Å². The average molecular weight is 342 g/mol. The summed E-state index contributed by atoms with van der Waals surface area (Å²) in [5.41, 5.74) is 5.87. The Bertz CT molecular complexity index is 541. The Balaban J connectivity index is 2.16. The molecule has 0 aliphatic heterocycles. The zero-order valence-electron chi connectivity index (χ0n) is 10.9. The summed E-state index contributed by atoms with van der Waals surface area (Å²) in [6.07, 6.45) is 1.42. The Labute approximate surface area is 126 Å².